The molecule has 1 aromatic carbocycles. The van der Waals surface area contributed by atoms with Gasteiger partial charge in [-0.1, -0.05) is 0 Å². The first-order valence-electron chi connectivity index (χ1n) is 8.97. The van der Waals surface area contributed by atoms with E-state index in [2.05, 4.69) is 16.0 Å². The molecule has 4 rings (SSSR count). The highest BCUT2D eigenvalue weighted by Crippen LogP contribution is 2.31. The molecule has 0 bridgehead atoms. The summed E-state index contributed by atoms with van der Waals surface area (Å²) in [6, 6.07) is 12.2. The number of nitrogens with zero attached hydrogens (tertiary/aromatic N) is 5. The Bertz CT molecular complexity index is 1150. The van der Waals surface area contributed by atoms with Crippen molar-refractivity contribution < 1.29 is 9.13 Å². The SMILES string of the molecule is CCOCCn1cnc(-c2ccc(F)cc2)c1-c1ccc2ncc(C#N)n2c1. The number of aromatic nitrogens is 4. The quantitative estimate of drug-likeness (QED) is 0.479. The second kappa shape index (κ2) is 7.62. The van der Waals surface area contributed by atoms with E-state index in [1.165, 1.54) is 12.1 Å². The smallest absolute Gasteiger partial charge is 0.144 e. The summed E-state index contributed by atoms with van der Waals surface area (Å²) in [6.07, 6.45) is 5.19. The van der Waals surface area contributed by atoms with E-state index in [0.29, 0.717) is 31.1 Å². The predicted molar refractivity (Wildman–Crippen MR) is 103 cm³/mol. The Hall–Kier alpha value is -3.50. The minimum Gasteiger partial charge on any atom is -0.380 e. The fourth-order valence-electron chi connectivity index (χ4n) is 3.18. The average molecular weight is 375 g/mol. The fourth-order valence-corrected chi connectivity index (χ4v) is 3.18. The molecule has 4 aromatic rings. The molecule has 0 N–H and O–H groups in total. The van der Waals surface area contributed by atoms with Gasteiger partial charge in [0.2, 0.25) is 0 Å². The molecule has 3 aromatic heterocycles. The van der Waals surface area contributed by atoms with Crippen LogP contribution in [0.5, 0.6) is 0 Å². The summed E-state index contributed by atoms with van der Waals surface area (Å²) in [4.78, 5) is 8.82. The van der Waals surface area contributed by atoms with Gasteiger partial charge in [-0.05, 0) is 43.3 Å². The van der Waals surface area contributed by atoms with Crippen molar-refractivity contribution in [2.24, 2.45) is 0 Å². The van der Waals surface area contributed by atoms with Crippen molar-refractivity contribution in [1.29, 1.82) is 5.26 Å². The molecule has 3 heterocycles. The lowest BCUT2D eigenvalue weighted by atomic mass is 10.1. The van der Waals surface area contributed by atoms with Crippen molar-refractivity contribution in [3.05, 3.63) is 66.6 Å². The maximum atomic E-state index is 13.4. The Morgan fingerprint density at radius 1 is 1.11 bits per heavy atom. The van der Waals surface area contributed by atoms with Gasteiger partial charge in [0.15, 0.2) is 0 Å². The minimum absolute atomic E-state index is 0.292. The molecule has 0 radical (unpaired) electrons. The Labute approximate surface area is 161 Å². The third kappa shape index (κ3) is 3.26. The Morgan fingerprint density at radius 2 is 1.89 bits per heavy atom. The number of nitriles is 1. The van der Waals surface area contributed by atoms with Gasteiger partial charge in [0, 0.05) is 30.5 Å². The van der Waals surface area contributed by atoms with Crippen LogP contribution in [-0.2, 0) is 11.3 Å². The first-order chi connectivity index (χ1) is 13.7. The molecule has 0 aliphatic carbocycles. The molecule has 28 heavy (non-hydrogen) atoms. The molecule has 0 aliphatic rings. The Balaban J connectivity index is 1.86. The van der Waals surface area contributed by atoms with E-state index in [0.717, 1.165) is 22.5 Å². The molecular formula is C21H18FN5O. The van der Waals surface area contributed by atoms with Crippen molar-refractivity contribution in [2.45, 2.75) is 13.5 Å². The summed E-state index contributed by atoms with van der Waals surface area (Å²) in [5, 5.41) is 9.32. The molecule has 0 amide bonds. The molecular weight excluding hydrogens is 357 g/mol. The number of ether oxygens (including phenoxy) is 1. The van der Waals surface area contributed by atoms with Gasteiger partial charge in [0.1, 0.15) is 23.2 Å². The van der Waals surface area contributed by atoms with Gasteiger partial charge in [0.25, 0.3) is 0 Å². The van der Waals surface area contributed by atoms with E-state index in [4.69, 9.17) is 4.74 Å². The standard InChI is InChI=1S/C21H18FN5O/c1-2-28-10-9-26-14-25-20(15-3-6-17(22)7-4-15)21(26)16-5-8-19-24-12-18(11-23)27(19)13-16/h3-8,12-14H,2,9-10H2,1H3. The zero-order chi connectivity index (χ0) is 19.5. The summed E-state index contributed by atoms with van der Waals surface area (Å²) < 4.78 is 22.6. The monoisotopic (exact) mass is 375 g/mol. The van der Waals surface area contributed by atoms with Gasteiger partial charge >= 0.3 is 0 Å². The second-order valence-electron chi connectivity index (χ2n) is 6.24. The van der Waals surface area contributed by atoms with E-state index < -0.39 is 0 Å². The number of imidazole rings is 2. The molecule has 6 nitrogen and oxygen atoms in total. The summed E-state index contributed by atoms with van der Waals surface area (Å²) in [6.45, 7) is 3.78. The van der Waals surface area contributed by atoms with Crippen molar-refractivity contribution in [3.8, 4) is 28.6 Å². The van der Waals surface area contributed by atoms with Crippen LogP contribution in [0.4, 0.5) is 4.39 Å². The highest BCUT2D eigenvalue weighted by atomic mass is 19.1. The van der Waals surface area contributed by atoms with E-state index in [9.17, 15) is 9.65 Å². The molecule has 0 fully saturated rings. The van der Waals surface area contributed by atoms with Crippen LogP contribution < -0.4 is 0 Å². The first kappa shape index (κ1) is 17.9. The lowest BCUT2D eigenvalue weighted by Crippen LogP contribution is -2.07. The normalized spacial score (nSPS) is 11.0. The van der Waals surface area contributed by atoms with Gasteiger partial charge in [-0.25, -0.2) is 14.4 Å². The van der Waals surface area contributed by atoms with Gasteiger partial charge in [-0.3, -0.25) is 4.40 Å². The summed E-state index contributed by atoms with van der Waals surface area (Å²) in [5.41, 5.74) is 4.48. The summed E-state index contributed by atoms with van der Waals surface area (Å²) in [5.74, 6) is -0.292. The third-order valence-corrected chi connectivity index (χ3v) is 4.53. The molecule has 140 valence electrons. The lowest BCUT2D eigenvalue weighted by molar-refractivity contribution is 0.139. The number of benzene rings is 1. The van der Waals surface area contributed by atoms with Crippen LogP contribution in [0.2, 0.25) is 0 Å². The van der Waals surface area contributed by atoms with Crippen LogP contribution in [0, 0.1) is 17.1 Å². The highest BCUT2D eigenvalue weighted by molar-refractivity contribution is 5.79. The fraction of sp³-hybridized carbons (Fsp3) is 0.190. The Kier molecular flexibility index (Phi) is 4.87. The van der Waals surface area contributed by atoms with Crippen LogP contribution in [0.15, 0.2) is 55.1 Å². The van der Waals surface area contributed by atoms with Crippen LogP contribution >= 0.6 is 0 Å². The molecule has 0 saturated heterocycles. The summed E-state index contributed by atoms with van der Waals surface area (Å²) >= 11 is 0. The van der Waals surface area contributed by atoms with E-state index in [1.54, 1.807) is 29.1 Å². The van der Waals surface area contributed by atoms with Gasteiger partial charge in [-0.2, -0.15) is 5.26 Å². The predicted octanol–water partition coefficient (Wildman–Crippen LogP) is 3.91. The number of hydrogen-bond acceptors (Lipinski definition) is 4. The largest absolute Gasteiger partial charge is 0.380 e. The molecule has 0 aliphatic heterocycles. The molecule has 0 spiro atoms. The molecule has 0 unspecified atom stereocenters. The maximum absolute atomic E-state index is 13.4. The van der Waals surface area contributed by atoms with Crippen LogP contribution in [0.3, 0.4) is 0 Å². The van der Waals surface area contributed by atoms with Gasteiger partial charge in [-0.15, -0.1) is 0 Å². The van der Waals surface area contributed by atoms with Crippen molar-refractivity contribution in [2.75, 3.05) is 13.2 Å². The topological polar surface area (TPSA) is 68.1 Å². The van der Waals surface area contributed by atoms with E-state index in [-0.39, 0.29) is 5.82 Å². The number of pyridine rings is 1. The van der Waals surface area contributed by atoms with Gasteiger partial charge < -0.3 is 9.30 Å². The molecule has 0 atom stereocenters. The van der Waals surface area contributed by atoms with Crippen molar-refractivity contribution in [1.82, 2.24) is 18.9 Å². The van der Waals surface area contributed by atoms with E-state index >= 15 is 0 Å². The van der Waals surface area contributed by atoms with Crippen molar-refractivity contribution >= 4 is 5.65 Å². The average Bonchev–Trinajstić information content (AvgIpc) is 3.32. The first-order valence-corrected chi connectivity index (χ1v) is 8.97. The third-order valence-electron chi connectivity index (χ3n) is 4.53. The molecule has 0 saturated carbocycles. The lowest BCUT2D eigenvalue weighted by Gasteiger charge is -2.11. The highest BCUT2D eigenvalue weighted by Gasteiger charge is 2.16. The van der Waals surface area contributed by atoms with Gasteiger partial charge in [0.05, 0.1) is 30.5 Å². The summed E-state index contributed by atoms with van der Waals surface area (Å²) in [7, 11) is 0. The van der Waals surface area contributed by atoms with Crippen LogP contribution in [0.1, 0.15) is 12.6 Å². The van der Waals surface area contributed by atoms with Crippen LogP contribution in [-0.4, -0.2) is 32.1 Å². The maximum Gasteiger partial charge on any atom is 0.144 e. The minimum atomic E-state index is -0.292. The number of rotatable bonds is 6. The molecule has 7 heteroatoms. The van der Waals surface area contributed by atoms with E-state index in [1.807, 2.05) is 29.8 Å². The second-order valence-corrected chi connectivity index (χ2v) is 6.24. The zero-order valence-electron chi connectivity index (χ0n) is 15.3. The number of hydrogen-bond donors (Lipinski definition) is 0. The number of halogens is 1. The Morgan fingerprint density at radius 3 is 2.64 bits per heavy atom. The van der Waals surface area contributed by atoms with Crippen molar-refractivity contribution in [3.63, 3.8) is 0 Å². The van der Waals surface area contributed by atoms with Crippen LogP contribution in [0.25, 0.3) is 28.2 Å². The number of fused-ring (bicyclic) bond motifs is 1. The zero-order valence-corrected chi connectivity index (χ0v) is 15.3.